The largest absolute Gasteiger partial charge is 0.229 e. The summed E-state index contributed by atoms with van der Waals surface area (Å²) in [6.45, 7) is 4.28. The first-order valence-corrected chi connectivity index (χ1v) is 9.77. The molecule has 134 valence electrons. The zero-order chi connectivity index (χ0) is 18.2. The fraction of sp³-hybridized carbons (Fsp3) is 0.417. The van der Waals surface area contributed by atoms with Gasteiger partial charge in [-0.05, 0) is 74.6 Å². The van der Waals surface area contributed by atoms with E-state index >= 15 is 0 Å². The average Bonchev–Trinajstić information content (AvgIpc) is 2.68. The second kappa shape index (κ2) is 9.34. The Morgan fingerprint density at radius 1 is 1.08 bits per heavy atom. The molecule has 0 aliphatic heterocycles. The second-order valence-electron chi connectivity index (χ2n) is 7.45. The summed E-state index contributed by atoms with van der Waals surface area (Å²) < 4.78 is 0. The topological polar surface area (TPSA) is 25.8 Å². The Kier molecular flexibility index (Phi) is 6.61. The summed E-state index contributed by atoms with van der Waals surface area (Å²) in [5, 5.41) is 0. The molecule has 0 N–H and O–H groups in total. The van der Waals surface area contributed by atoms with Crippen molar-refractivity contribution in [3.8, 4) is 11.8 Å². The highest BCUT2D eigenvalue weighted by molar-refractivity contribution is 5.40. The van der Waals surface area contributed by atoms with Crippen LogP contribution in [-0.2, 0) is 6.42 Å². The highest BCUT2D eigenvalue weighted by Gasteiger charge is 2.15. The fourth-order valence-corrected chi connectivity index (χ4v) is 3.51. The summed E-state index contributed by atoms with van der Waals surface area (Å²) in [6.07, 6.45) is 14.9. The lowest BCUT2D eigenvalue weighted by Gasteiger charge is -2.20. The van der Waals surface area contributed by atoms with Crippen molar-refractivity contribution < 1.29 is 0 Å². The van der Waals surface area contributed by atoms with Gasteiger partial charge in [0.25, 0.3) is 0 Å². The van der Waals surface area contributed by atoms with Crippen LogP contribution in [0.1, 0.15) is 80.8 Å². The third kappa shape index (κ3) is 5.56. The maximum atomic E-state index is 4.47. The Hall–Kier alpha value is -2.40. The van der Waals surface area contributed by atoms with Crippen LogP contribution in [0, 0.1) is 11.8 Å². The molecule has 0 amide bonds. The van der Waals surface area contributed by atoms with E-state index in [4.69, 9.17) is 0 Å². The minimum atomic E-state index is 0.611. The van der Waals surface area contributed by atoms with Crippen molar-refractivity contribution in [1.29, 1.82) is 0 Å². The standard InChI is InChI=1S/C24H28N2/c1-19(2)8-6-9-20-10-7-11-21(16-20)14-15-24-25-17-23(18-26-24)22-12-4-3-5-13-22/h7-8,10-11,16-18,22H,3-6,9,12-13H2,1-2H3. The van der Waals surface area contributed by atoms with Gasteiger partial charge in [-0.1, -0.05) is 49.0 Å². The molecule has 2 nitrogen and oxygen atoms in total. The first kappa shape index (κ1) is 18.4. The van der Waals surface area contributed by atoms with E-state index in [1.165, 1.54) is 48.8 Å². The Bertz CT molecular complexity index is 796. The summed E-state index contributed by atoms with van der Waals surface area (Å²) >= 11 is 0. The van der Waals surface area contributed by atoms with E-state index in [9.17, 15) is 0 Å². The van der Waals surface area contributed by atoms with Gasteiger partial charge in [0.15, 0.2) is 0 Å². The molecular formula is C24H28N2. The van der Waals surface area contributed by atoms with Gasteiger partial charge in [0.1, 0.15) is 0 Å². The molecule has 2 heteroatoms. The molecule has 0 spiro atoms. The van der Waals surface area contributed by atoms with Crippen LogP contribution in [-0.4, -0.2) is 9.97 Å². The lowest BCUT2D eigenvalue weighted by Crippen LogP contribution is -2.05. The van der Waals surface area contributed by atoms with Crippen molar-refractivity contribution in [2.45, 2.75) is 64.7 Å². The van der Waals surface area contributed by atoms with Gasteiger partial charge in [-0.2, -0.15) is 0 Å². The zero-order valence-corrected chi connectivity index (χ0v) is 16.0. The van der Waals surface area contributed by atoms with Gasteiger partial charge in [-0.25, -0.2) is 9.97 Å². The quantitative estimate of drug-likeness (QED) is 0.515. The number of aryl methyl sites for hydroxylation is 1. The third-order valence-corrected chi connectivity index (χ3v) is 4.98. The maximum Gasteiger partial charge on any atom is 0.205 e. The highest BCUT2D eigenvalue weighted by atomic mass is 14.8. The minimum Gasteiger partial charge on any atom is -0.229 e. The van der Waals surface area contributed by atoms with Gasteiger partial charge in [0.2, 0.25) is 5.82 Å². The molecule has 26 heavy (non-hydrogen) atoms. The minimum absolute atomic E-state index is 0.611. The van der Waals surface area contributed by atoms with Crippen LogP contribution in [0.25, 0.3) is 0 Å². The molecule has 1 aliphatic rings. The number of aromatic nitrogens is 2. The van der Waals surface area contributed by atoms with Crippen LogP contribution < -0.4 is 0 Å². The van der Waals surface area contributed by atoms with Crippen LogP contribution in [0.5, 0.6) is 0 Å². The lowest BCUT2D eigenvalue weighted by molar-refractivity contribution is 0.442. The third-order valence-electron chi connectivity index (χ3n) is 4.98. The molecule has 0 radical (unpaired) electrons. The number of hydrogen-bond donors (Lipinski definition) is 0. The molecule has 1 aliphatic carbocycles. The SMILES string of the molecule is CC(C)=CCCc1cccc(C#Cc2ncc(C3CCCCC3)cn2)c1. The molecule has 1 aromatic heterocycles. The Balaban J connectivity index is 1.64. The number of allylic oxidation sites excluding steroid dienone is 2. The van der Waals surface area contributed by atoms with Crippen LogP contribution in [0.15, 0.2) is 48.3 Å². The average molecular weight is 345 g/mol. The van der Waals surface area contributed by atoms with E-state index in [2.05, 4.69) is 59.9 Å². The summed E-state index contributed by atoms with van der Waals surface area (Å²) in [7, 11) is 0. The van der Waals surface area contributed by atoms with Crippen molar-refractivity contribution >= 4 is 0 Å². The normalized spacial score (nSPS) is 14.4. The lowest BCUT2D eigenvalue weighted by atomic mass is 9.85. The summed E-state index contributed by atoms with van der Waals surface area (Å²) in [6, 6.07) is 8.46. The zero-order valence-electron chi connectivity index (χ0n) is 16.0. The van der Waals surface area contributed by atoms with Crippen molar-refractivity contribution in [3.63, 3.8) is 0 Å². The molecular weight excluding hydrogens is 316 g/mol. The van der Waals surface area contributed by atoms with Crippen LogP contribution in [0.4, 0.5) is 0 Å². The second-order valence-corrected chi connectivity index (χ2v) is 7.45. The van der Waals surface area contributed by atoms with Crippen LogP contribution in [0.3, 0.4) is 0 Å². The number of hydrogen-bond acceptors (Lipinski definition) is 2. The van der Waals surface area contributed by atoms with E-state index in [0.29, 0.717) is 11.7 Å². The predicted octanol–water partition coefficient (Wildman–Crippen LogP) is 5.82. The Morgan fingerprint density at radius 3 is 2.58 bits per heavy atom. The van der Waals surface area contributed by atoms with Crippen molar-refractivity contribution in [3.05, 3.63) is 70.8 Å². The fourth-order valence-electron chi connectivity index (χ4n) is 3.51. The smallest absolute Gasteiger partial charge is 0.205 e. The molecule has 0 bridgehead atoms. The van der Waals surface area contributed by atoms with E-state index in [-0.39, 0.29) is 0 Å². The van der Waals surface area contributed by atoms with Crippen LogP contribution >= 0.6 is 0 Å². The maximum absolute atomic E-state index is 4.47. The summed E-state index contributed by atoms with van der Waals surface area (Å²) in [5.41, 5.74) is 4.99. The van der Waals surface area contributed by atoms with Crippen molar-refractivity contribution in [2.24, 2.45) is 0 Å². The van der Waals surface area contributed by atoms with E-state index in [0.717, 1.165) is 18.4 Å². The van der Waals surface area contributed by atoms with E-state index < -0.39 is 0 Å². The van der Waals surface area contributed by atoms with Gasteiger partial charge in [0.05, 0.1) is 0 Å². The van der Waals surface area contributed by atoms with Crippen molar-refractivity contribution in [1.82, 2.24) is 9.97 Å². The summed E-state index contributed by atoms with van der Waals surface area (Å²) in [4.78, 5) is 8.94. The first-order valence-electron chi connectivity index (χ1n) is 9.77. The van der Waals surface area contributed by atoms with Crippen LogP contribution in [0.2, 0.25) is 0 Å². The Morgan fingerprint density at radius 2 is 1.85 bits per heavy atom. The monoisotopic (exact) mass is 344 g/mol. The molecule has 3 rings (SSSR count). The molecule has 0 saturated heterocycles. The van der Waals surface area contributed by atoms with Gasteiger partial charge >= 0.3 is 0 Å². The first-order chi connectivity index (χ1) is 12.7. The van der Waals surface area contributed by atoms with Crippen molar-refractivity contribution in [2.75, 3.05) is 0 Å². The summed E-state index contributed by atoms with van der Waals surface area (Å²) in [5.74, 6) is 7.57. The van der Waals surface area contributed by atoms with Gasteiger partial charge in [-0.15, -0.1) is 0 Å². The molecule has 0 unspecified atom stereocenters. The molecule has 1 aromatic carbocycles. The van der Waals surface area contributed by atoms with Gasteiger partial charge < -0.3 is 0 Å². The van der Waals surface area contributed by atoms with Gasteiger partial charge in [0, 0.05) is 18.0 Å². The van der Waals surface area contributed by atoms with E-state index in [1.807, 2.05) is 18.5 Å². The molecule has 1 fully saturated rings. The molecule has 1 saturated carbocycles. The predicted molar refractivity (Wildman–Crippen MR) is 108 cm³/mol. The number of benzene rings is 1. The number of nitrogens with zero attached hydrogens (tertiary/aromatic N) is 2. The molecule has 2 aromatic rings. The molecule has 0 atom stereocenters. The van der Waals surface area contributed by atoms with Gasteiger partial charge in [-0.3, -0.25) is 0 Å². The highest BCUT2D eigenvalue weighted by Crippen LogP contribution is 2.31. The van der Waals surface area contributed by atoms with E-state index in [1.54, 1.807) is 0 Å². The Labute approximate surface area is 157 Å². The molecule has 1 heterocycles. The number of rotatable bonds is 4.